The number of esters is 1. The molecule has 5 nitrogen and oxygen atoms in total. The van der Waals surface area contributed by atoms with Gasteiger partial charge in [0, 0.05) is 11.4 Å². The zero-order valence-electron chi connectivity index (χ0n) is 17.1. The molecule has 1 N–H and O–H groups in total. The summed E-state index contributed by atoms with van der Waals surface area (Å²) < 4.78 is 5.23. The van der Waals surface area contributed by atoms with Crippen LogP contribution in [-0.4, -0.2) is 42.5 Å². The third-order valence-corrected chi connectivity index (χ3v) is 6.95. The van der Waals surface area contributed by atoms with Crippen molar-refractivity contribution in [3.05, 3.63) is 21.9 Å². The molecule has 6 heteroatoms. The van der Waals surface area contributed by atoms with E-state index in [0.717, 1.165) is 32.5 Å². The molecule has 2 heterocycles. The molecule has 156 valence electrons. The van der Waals surface area contributed by atoms with Crippen molar-refractivity contribution in [2.24, 2.45) is 5.92 Å². The third kappa shape index (κ3) is 6.31. The topological polar surface area (TPSA) is 58.6 Å². The molecule has 28 heavy (non-hydrogen) atoms. The molecule has 1 aromatic rings. The molecular formula is C22H34N2O3S. The highest BCUT2D eigenvalue weighted by atomic mass is 32.1. The quantitative estimate of drug-likeness (QED) is 0.652. The molecule has 1 saturated heterocycles. The van der Waals surface area contributed by atoms with Crippen LogP contribution in [-0.2, 0) is 16.1 Å². The number of piperidine rings is 1. The lowest BCUT2D eigenvalue weighted by Crippen LogP contribution is -2.43. The summed E-state index contributed by atoms with van der Waals surface area (Å²) in [6.45, 7) is 5.36. The van der Waals surface area contributed by atoms with Gasteiger partial charge in [-0.3, -0.25) is 9.69 Å². The lowest BCUT2D eigenvalue weighted by Gasteiger charge is -2.26. The van der Waals surface area contributed by atoms with Gasteiger partial charge in [-0.15, -0.1) is 11.3 Å². The Morgan fingerprint density at radius 3 is 2.57 bits per heavy atom. The first-order valence-electron chi connectivity index (χ1n) is 10.9. The number of nitrogens with zero attached hydrogens (tertiary/aromatic N) is 1. The summed E-state index contributed by atoms with van der Waals surface area (Å²) in [7, 11) is 0. The zero-order chi connectivity index (χ0) is 19.8. The second-order valence-corrected chi connectivity index (χ2v) is 9.29. The lowest BCUT2D eigenvalue weighted by atomic mass is 9.85. The summed E-state index contributed by atoms with van der Waals surface area (Å²) in [4.78, 5) is 29.6. The molecule has 1 aromatic heterocycles. The average Bonchev–Trinajstić information content (AvgIpc) is 3.18. The normalized spacial score (nSPS) is 19.9. The molecule has 0 spiro atoms. The van der Waals surface area contributed by atoms with Crippen molar-refractivity contribution >= 4 is 23.2 Å². The Morgan fingerprint density at radius 2 is 1.86 bits per heavy atom. The molecule has 1 atom stereocenters. The summed E-state index contributed by atoms with van der Waals surface area (Å²) >= 11 is 1.54. The minimum Gasteiger partial charge on any atom is -0.464 e. The number of hydrogen-bond donors (Lipinski definition) is 1. The highest BCUT2D eigenvalue weighted by Crippen LogP contribution is 2.28. The smallest absolute Gasteiger partial charge is 0.328 e. The summed E-state index contributed by atoms with van der Waals surface area (Å²) in [6.07, 6.45) is 10.6. The van der Waals surface area contributed by atoms with Crippen LogP contribution in [0.1, 0.15) is 79.3 Å². The maximum Gasteiger partial charge on any atom is 0.328 e. The molecule has 2 aliphatic rings. The summed E-state index contributed by atoms with van der Waals surface area (Å²) in [5.41, 5.74) is 0. The molecule has 1 aliphatic heterocycles. The van der Waals surface area contributed by atoms with Crippen molar-refractivity contribution in [2.75, 3.05) is 19.7 Å². The predicted molar refractivity (Wildman–Crippen MR) is 113 cm³/mol. The van der Waals surface area contributed by atoms with Crippen LogP contribution in [0.3, 0.4) is 0 Å². The van der Waals surface area contributed by atoms with E-state index in [9.17, 15) is 9.59 Å². The Kier molecular flexibility index (Phi) is 8.34. The van der Waals surface area contributed by atoms with E-state index in [1.54, 1.807) is 11.3 Å². The average molecular weight is 407 g/mol. The van der Waals surface area contributed by atoms with Crippen molar-refractivity contribution in [1.29, 1.82) is 0 Å². The van der Waals surface area contributed by atoms with Crippen LogP contribution in [0.2, 0.25) is 0 Å². The number of carbonyl (C=O) groups excluding carboxylic acids is 2. The van der Waals surface area contributed by atoms with Gasteiger partial charge >= 0.3 is 5.97 Å². The van der Waals surface area contributed by atoms with Crippen molar-refractivity contribution < 1.29 is 14.3 Å². The van der Waals surface area contributed by atoms with E-state index in [-0.39, 0.29) is 11.9 Å². The largest absolute Gasteiger partial charge is 0.464 e. The van der Waals surface area contributed by atoms with Crippen molar-refractivity contribution in [3.63, 3.8) is 0 Å². The van der Waals surface area contributed by atoms with Crippen LogP contribution in [0, 0.1) is 5.92 Å². The number of likely N-dealkylation sites (tertiary alicyclic amines) is 1. The fraction of sp³-hybridized carbons (Fsp3) is 0.727. The van der Waals surface area contributed by atoms with Gasteiger partial charge in [0.15, 0.2) is 0 Å². The van der Waals surface area contributed by atoms with Crippen LogP contribution in [0.25, 0.3) is 0 Å². The molecule has 0 radical (unpaired) electrons. The Morgan fingerprint density at radius 1 is 1.14 bits per heavy atom. The second-order valence-electron chi connectivity index (χ2n) is 8.12. The van der Waals surface area contributed by atoms with E-state index in [1.165, 1.54) is 43.4 Å². The van der Waals surface area contributed by atoms with E-state index < -0.39 is 6.04 Å². The number of ether oxygens (including phenoxy) is 1. The summed E-state index contributed by atoms with van der Waals surface area (Å²) in [6, 6.07) is 3.40. The van der Waals surface area contributed by atoms with Crippen molar-refractivity contribution in [3.8, 4) is 0 Å². The highest BCUT2D eigenvalue weighted by Gasteiger charge is 2.27. The number of amides is 1. The van der Waals surface area contributed by atoms with E-state index in [1.807, 2.05) is 13.0 Å². The van der Waals surface area contributed by atoms with E-state index in [0.29, 0.717) is 23.8 Å². The molecule has 1 saturated carbocycles. The Hall–Kier alpha value is -1.40. The Balaban J connectivity index is 1.58. The number of rotatable bonds is 8. The molecule has 3 rings (SSSR count). The fourth-order valence-electron chi connectivity index (χ4n) is 4.37. The molecule has 0 bridgehead atoms. The van der Waals surface area contributed by atoms with Crippen LogP contribution in [0.15, 0.2) is 12.1 Å². The maximum atomic E-state index is 12.8. The van der Waals surface area contributed by atoms with Crippen LogP contribution in [0.4, 0.5) is 0 Å². The lowest BCUT2D eigenvalue weighted by molar-refractivity contribution is -0.146. The maximum absolute atomic E-state index is 12.8. The van der Waals surface area contributed by atoms with Gasteiger partial charge in [0.1, 0.15) is 6.04 Å². The van der Waals surface area contributed by atoms with E-state index >= 15 is 0 Å². The molecule has 1 unspecified atom stereocenters. The van der Waals surface area contributed by atoms with E-state index in [2.05, 4.69) is 16.3 Å². The fourth-order valence-corrected chi connectivity index (χ4v) is 5.32. The van der Waals surface area contributed by atoms with E-state index in [4.69, 9.17) is 4.74 Å². The van der Waals surface area contributed by atoms with Gasteiger partial charge in [0.25, 0.3) is 5.91 Å². The van der Waals surface area contributed by atoms with Gasteiger partial charge in [-0.25, -0.2) is 4.79 Å². The predicted octanol–water partition coefficient (Wildman–Crippen LogP) is 4.37. The Bertz CT molecular complexity index is 633. The Labute approximate surface area is 172 Å². The second kappa shape index (κ2) is 11.0. The molecule has 2 fully saturated rings. The van der Waals surface area contributed by atoms with Crippen LogP contribution in [0.5, 0.6) is 0 Å². The molecule has 1 aliphatic carbocycles. The van der Waals surface area contributed by atoms with Gasteiger partial charge < -0.3 is 10.1 Å². The van der Waals surface area contributed by atoms with Gasteiger partial charge in [0.05, 0.1) is 11.5 Å². The number of thiophene rings is 1. The zero-order valence-corrected chi connectivity index (χ0v) is 17.9. The number of hydrogen-bond acceptors (Lipinski definition) is 5. The molecular weight excluding hydrogens is 372 g/mol. The minimum atomic E-state index is -0.539. The summed E-state index contributed by atoms with van der Waals surface area (Å²) in [5, 5.41) is 2.97. The number of carbonyl (C=O) groups is 2. The monoisotopic (exact) mass is 406 g/mol. The van der Waals surface area contributed by atoms with Crippen LogP contribution < -0.4 is 5.32 Å². The van der Waals surface area contributed by atoms with Crippen LogP contribution >= 0.6 is 11.3 Å². The first-order valence-corrected chi connectivity index (χ1v) is 11.8. The first-order chi connectivity index (χ1) is 13.7. The standard InChI is InChI=1S/C22H34N2O3S/c1-2-27-22(26)19(15-17-9-5-3-6-10-17)23-21(25)20-12-11-18(28-20)16-24-13-7-4-8-14-24/h11-12,17,19H,2-10,13-16H2,1H3,(H,23,25). The third-order valence-electron chi connectivity index (χ3n) is 5.88. The highest BCUT2D eigenvalue weighted by molar-refractivity contribution is 7.14. The SMILES string of the molecule is CCOC(=O)C(CC1CCCCC1)NC(=O)c1ccc(CN2CCCCC2)s1. The van der Waals surface area contributed by atoms with Gasteiger partial charge in [0.2, 0.25) is 0 Å². The summed E-state index contributed by atoms with van der Waals surface area (Å²) in [5.74, 6) is 0.0525. The number of nitrogens with one attached hydrogen (secondary N) is 1. The minimum absolute atomic E-state index is 0.149. The van der Waals surface area contributed by atoms with Gasteiger partial charge in [-0.1, -0.05) is 38.5 Å². The van der Waals surface area contributed by atoms with Crippen molar-refractivity contribution in [1.82, 2.24) is 10.2 Å². The molecule has 1 amide bonds. The van der Waals surface area contributed by atoms with Gasteiger partial charge in [-0.2, -0.15) is 0 Å². The first kappa shape index (κ1) is 21.3. The van der Waals surface area contributed by atoms with Crippen molar-refractivity contribution in [2.45, 2.75) is 77.3 Å². The van der Waals surface area contributed by atoms with Gasteiger partial charge in [-0.05, 0) is 57.3 Å². The molecule has 0 aromatic carbocycles.